The number of anilines is 1. The first kappa shape index (κ1) is 64.5. The van der Waals surface area contributed by atoms with Crippen LogP contribution in [0.1, 0.15) is 82.5 Å². The lowest BCUT2D eigenvalue weighted by Crippen LogP contribution is -2.56. The van der Waals surface area contributed by atoms with E-state index in [0.717, 1.165) is 37.5 Å². The van der Waals surface area contributed by atoms with Gasteiger partial charge in [0.25, 0.3) is 0 Å². The van der Waals surface area contributed by atoms with Crippen LogP contribution in [-0.2, 0) is 103 Å². The van der Waals surface area contributed by atoms with E-state index in [2.05, 4.69) is 10.3 Å². The molecule has 1 N–H and O–H groups in total. The molecule has 25 heteroatoms. The Balaban J connectivity index is 1.08. The summed E-state index contributed by atoms with van der Waals surface area (Å²) in [4.78, 5) is 77.7. The van der Waals surface area contributed by atoms with Crippen molar-refractivity contribution in [3.8, 4) is 0 Å². The number of ether oxygens (including phenoxy) is 7. The Bertz CT molecular complexity index is 3510. The molecule has 12 atom stereocenters. The van der Waals surface area contributed by atoms with Crippen LogP contribution in [0.3, 0.4) is 0 Å². The molecule has 0 bridgehead atoms. The summed E-state index contributed by atoms with van der Waals surface area (Å²) in [5, 5.41) is 3.74. The fraction of sp³-hybridized carbons (Fsp3) is 0.365. The molecule has 23 nitrogen and oxygen atoms in total. The molecule has 464 valence electrons. The van der Waals surface area contributed by atoms with Gasteiger partial charge in [-0.15, -0.1) is 0 Å². The molecule has 2 aromatic heterocycles. The van der Waals surface area contributed by atoms with E-state index >= 15 is 9.13 Å². The monoisotopic (exact) mass is 1250 g/mol. The van der Waals surface area contributed by atoms with E-state index in [1.54, 1.807) is 74.5 Å². The van der Waals surface area contributed by atoms with Gasteiger partial charge in [0.1, 0.15) is 30.7 Å². The lowest BCUT2D eigenvalue weighted by atomic mass is 9.77. The van der Waals surface area contributed by atoms with Crippen molar-refractivity contribution in [2.45, 2.75) is 116 Å². The number of carbonyl (C=O) groups excluding carboxylic acids is 5. The summed E-state index contributed by atoms with van der Waals surface area (Å²) in [6.07, 6.45) is -8.41. The second kappa shape index (κ2) is 28.9. The summed E-state index contributed by atoms with van der Waals surface area (Å²) in [7, 11) is -9.88. The molecular formula is C63H69N5O18P2. The van der Waals surface area contributed by atoms with Gasteiger partial charge in [0.15, 0.2) is 53.5 Å². The fourth-order valence-corrected chi connectivity index (χ4v) is 15.4. The Morgan fingerprint density at radius 1 is 0.580 bits per heavy atom. The van der Waals surface area contributed by atoms with Crippen molar-refractivity contribution in [2.75, 3.05) is 24.4 Å². The maximum absolute atomic E-state index is 15.9. The van der Waals surface area contributed by atoms with E-state index in [0.29, 0.717) is 16.9 Å². The summed E-state index contributed by atoms with van der Waals surface area (Å²) in [5.41, 5.74) is 3.09. The molecule has 4 heterocycles. The van der Waals surface area contributed by atoms with Gasteiger partial charge in [-0.2, -0.15) is 0 Å². The van der Waals surface area contributed by atoms with E-state index in [4.69, 9.17) is 61.2 Å². The summed E-state index contributed by atoms with van der Waals surface area (Å²) in [6, 6.07) is 46.7. The average molecular weight is 1250 g/mol. The maximum Gasteiger partial charge on any atom is 0.345 e. The van der Waals surface area contributed by atoms with Gasteiger partial charge in [0.2, 0.25) is 6.29 Å². The van der Waals surface area contributed by atoms with Crippen LogP contribution in [0, 0.1) is 11.8 Å². The highest BCUT2D eigenvalue weighted by Crippen LogP contribution is 2.66. The third-order valence-corrected chi connectivity index (χ3v) is 19.8. The summed E-state index contributed by atoms with van der Waals surface area (Å²) in [5.74, 6) is -5.87. The Morgan fingerprint density at radius 2 is 1.08 bits per heavy atom. The number of aromatic nitrogens is 4. The number of nitrogens with one attached hydrogen (secondary N) is 1. The van der Waals surface area contributed by atoms with Gasteiger partial charge in [-0.1, -0.05) is 166 Å². The number of benzene rings is 5. The number of nitrogens with zero attached hydrogens (tertiary/aromatic N) is 4. The van der Waals surface area contributed by atoms with E-state index in [9.17, 15) is 24.0 Å². The van der Waals surface area contributed by atoms with Crippen LogP contribution in [0.4, 0.5) is 5.82 Å². The van der Waals surface area contributed by atoms with Crippen molar-refractivity contribution in [3.05, 3.63) is 192 Å². The largest absolute Gasteiger partial charge is 0.462 e. The van der Waals surface area contributed by atoms with Gasteiger partial charge in [-0.25, -0.2) is 15.0 Å². The molecule has 0 spiro atoms. The molecule has 2 aliphatic rings. The van der Waals surface area contributed by atoms with Crippen LogP contribution in [0.15, 0.2) is 164 Å². The second-order valence-corrected chi connectivity index (χ2v) is 25.8. The standard InChI is InChI=1S/C63H69N5O18P2/c1-40-41(2)56(81-44(5)71)62(85-55(40)52(80-43(4)70)35-76-42(3)69)86-88(75,78-34-48-25-15-9-16-26-48)39-87(74,77-33-47-23-13-8-14-24-47)79-36-53-57(82-45(6)72)58(83-46(7)73)61(84-53)68-38-66-54-59(64-37-65-60(54)68)67-63(49-27-17-10-18-28-49,50-29-19-11-20-30-50)51-31-21-12-22-32-51/h8-32,37-38,40-41,52-53,55-58,61-62H,33-36,39H2,1-7H3,(H,64,65,67)/t40-,41-,52+,53+,55?,56?,57?,58-,61+,62?,87?,88?/m0/s1. The average Bonchev–Trinajstić information content (AvgIpc) is 1.41. The third kappa shape index (κ3) is 15.6. The SMILES string of the molecule is CC(=O)OC[C@@H](OC(C)=O)C1OC(OP(=O)(CP(=O)(OCc2ccccc2)OC[C@H]2O[C@@H](n3cnc4c(NC(c5ccccc5)(c5ccccc5)c5ccccc5)ncnc43)[C@@H](OC(C)=O)C2OC(C)=O)OCc2ccccc2)C(OC(C)=O)[C@@H](C)[C@@H]1C. The molecule has 6 unspecified atom stereocenters. The predicted octanol–water partition coefficient (Wildman–Crippen LogP) is 10.2. The Morgan fingerprint density at radius 3 is 1.59 bits per heavy atom. The van der Waals surface area contributed by atoms with Gasteiger partial charge in [0.05, 0.1) is 26.1 Å². The van der Waals surface area contributed by atoms with Crippen molar-refractivity contribution < 1.29 is 84.4 Å². The smallest absolute Gasteiger partial charge is 0.345 e. The number of hydrogen-bond acceptors (Lipinski definition) is 22. The first-order chi connectivity index (χ1) is 42.2. The first-order valence-corrected chi connectivity index (χ1v) is 31.8. The van der Waals surface area contributed by atoms with E-state index in [-0.39, 0.29) is 17.8 Å². The number of esters is 5. The zero-order chi connectivity index (χ0) is 62.6. The lowest BCUT2D eigenvalue weighted by Gasteiger charge is -2.46. The molecular weight excluding hydrogens is 1180 g/mol. The lowest BCUT2D eigenvalue weighted by molar-refractivity contribution is -0.269. The zero-order valence-corrected chi connectivity index (χ0v) is 51.2. The quantitative estimate of drug-likeness (QED) is 0.0228. The normalized spacial score (nSPS) is 22.7. The van der Waals surface area contributed by atoms with E-state index in [1.807, 2.05) is 91.0 Å². The van der Waals surface area contributed by atoms with Gasteiger partial charge >= 0.3 is 45.0 Å². The number of fused-ring (bicyclic) bond motifs is 1. The molecule has 9 rings (SSSR count). The minimum Gasteiger partial charge on any atom is -0.462 e. The topological polar surface area (TPSA) is 277 Å². The molecule has 7 aromatic rings. The summed E-state index contributed by atoms with van der Waals surface area (Å²) in [6.45, 7) is 7.28. The van der Waals surface area contributed by atoms with Gasteiger partial charge in [0, 0.05) is 40.5 Å². The van der Waals surface area contributed by atoms with Gasteiger partial charge in [-0.3, -0.25) is 42.2 Å². The zero-order valence-electron chi connectivity index (χ0n) is 49.4. The molecule has 0 saturated carbocycles. The number of rotatable bonds is 26. The van der Waals surface area contributed by atoms with Crippen LogP contribution in [-0.4, -0.2) is 111 Å². The van der Waals surface area contributed by atoms with E-state index < -0.39 is 137 Å². The number of imidazole rings is 1. The molecule has 5 aromatic carbocycles. The van der Waals surface area contributed by atoms with Gasteiger partial charge < -0.3 is 52.0 Å². The highest BCUT2D eigenvalue weighted by atomic mass is 31.2. The maximum atomic E-state index is 15.9. The molecule has 0 aliphatic carbocycles. The Kier molecular flexibility index (Phi) is 21.2. The van der Waals surface area contributed by atoms with Crippen LogP contribution in [0.5, 0.6) is 0 Å². The second-order valence-electron chi connectivity index (χ2n) is 21.2. The minimum absolute atomic E-state index is 0.199. The Labute approximate surface area is 508 Å². The van der Waals surface area contributed by atoms with Crippen LogP contribution in [0.2, 0.25) is 0 Å². The van der Waals surface area contributed by atoms with Crippen molar-refractivity contribution in [1.82, 2.24) is 19.5 Å². The molecule has 2 aliphatic heterocycles. The van der Waals surface area contributed by atoms with Crippen molar-refractivity contribution in [2.24, 2.45) is 11.8 Å². The molecule has 0 amide bonds. The highest BCUT2D eigenvalue weighted by Gasteiger charge is 2.54. The minimum atomic E-state index is -4.98. The molecule has 0 radical (unpaired) electrons. The highest BCUT2D eigenvalue weighted by molar-refractivity contribution is 7.71. The van der Waals surface area contributed by atoms with Gasteiger partial charge in [-0.05, 0) is 33.7 Å². The van der Waals surface area contributed by atoms with Crippen LogP contribution in [0.25, 0.3) is 11.2 Å². The molecule has 2 saturated heterocycles. The summed E-state index contributed by atoms with van der Waals surface area (Å²) < 4.78 is 100.0. The Hall–Kier alpha value is -7.98. The fourth-order valence-electron chi connectivity index (χ4n) is 10.8. The molecule has 2 fully saturated rings. The van der Waals surface area contributed by atoms with Crippen molar-refractivity contribution >= 4 is 62.0 Å². The van der Waals surface area contributed by atoms with Crippen LogP contribution >= 0.6 is 15.2 Å². The van der Waals surface area contributed by atoms with Crippen LogP contribution < -0.4 is 5.32 Å². The number of hydrogen-bond donors (Lipinski definition) is 1. The number of carbonyl (C=O) groups is 5. The molecule has 88 heavy (non-hydrogen) atoms. The van der Waals surface area contributed by atoms with Crippen molar-refractivity contribution in [3.63, 3.8) is 0 Å². The third-order valence-electron chi connectivity index (χ3n) is 14.9. The van der Waals surface area contributed by atoms with E-state index in [1.165, 1.54) is 31.1 Å². The predicted molar refractivity (Wildman–Crippen MR) is 317 cm³/mol. The summed E-state index contributed by atoms with van der Waals surface area (Å²) >= 11 is 0. The van der Waals surface area contributed by atoms with Crippen molar-refractivity contribution in [1.29, 1.82) is 0 Å². The first-order valence-electron chi connectivity index (χ1n) is 28.4.